The van der Waals surface area contributed by atoms with Gasteiger partial charge < -0.3 is 9.42 Å². The van der Waals surface area contributed by atoms with Crippen molar-refractivity contribution in [2.24, 2.45) is 0 Å². The third-order valence-corrected chi connectivity index (χ3v) is 5.92. The second-order valence-corrected chi connectivity index (χ2v) is 7.67. The number of thiophene rings is 1. The molecular weight excluding hydrogens is 356 g/mol. The topological polar surface area (TPSA) is 72.1 Å². The molecule has 4 heterocycles. The Labute approximate surface area is 150 Å². The third-order valence-electron chi connectivity index (χ3n) is 4.22. The molecule has 0 atom stereocenters. The zero-order valence-electron chi connectivity index (χ0n) is 13.0. The lowest BCUT2D eigenvalue weighted by atomic mass is 10.0. The molecule has 1 saturated heterocycles. The van der Waals surface area contributed by atoms with Crippen LogP contribution in [0, 0.1) is 0 Å². The van der Waals surface area contributed by atoms with Crippen molar-refractivity contribution in [2.75, 3.05) is 13.1 Å². The Kier molecular flexibility index (Phi) is 3.39. The molecule has 0 bridgehead atoms. The highest BCUT2D eigenvalue weighted by Gasteiger charge is 2.37. The fourth-order valence-corrected chi connectivity index (χ4v) is 4.38. The van der Waals surface area contributed by atoms with E-state index in [9.17, 15) is 4.79 Å². The first kappa shape index (κ1) is 14.7. The molecule has 3 aromatic heterocycles. The van der Waals surface area contributed by atoms with E-state index in [0.29, 0.717) is 29.8 Å². The molecule has 1 aliphatic rings. The van der Waals surface area contributed by atoms with E-state index in [1.807, 2.05) is 41.1 Å². The smallest absolute Gasteiger partial charge is 0.282 e. The number of para-hydroxylation sites is 1. The van der Waals surface area contributed by atoms with Gasteiger partial charge in [-0.25, -0.2) is 4.98 Å². The van der Waals surface area contributed by atoms with Crippen molar-refractivity contribution < 1.29 is 9.32 Å². The number of fused-ring (bicyclic) bond motifs is 1. The van der Waals surface area contributed by atoms with Crippen molar-refractivity contribution in [3.8, 4) is 11.4 Å². The summed E-state index contributed by atoms with van der Waals surface area (Å²) < 4.78 is 6.39. The first-order valence-corrected chi connectivity index (χ1v) is 9.55. The minimum Gasteiger partial charge on any atom is -0.339 e. The average molecular weight is 368 g/mol. The highest BCUT2D eigenvalue weighted by Crippen LogP contribution is 2.31. The van der Waals surface area contributed by atoms with Crippen LogP contribution in [0.4, 0.5) is 0 Å². The number of likely N-dealkylation sites (tertiary alicyclic amines) is 1. The van der Waals surface area contributed by atoms with E-state index in [1.165, 1.54) is 11.3 Å². The SMILES string of the molecule is O=C(c1nc2ccccc2s1)N1CC(c2nc(-c3ccsc3)no2)C1. The molecular formula is C17H12N4O2S2. The monoisotopic (exact) mass is 368 g/mol. The van der Waals surface area contributed by atoms with E-state index in [0.717, 1.165) is 15.8 Å². The Morgan fingerprint density at radius 2 is 2.08 bits per heavy atom. The maximum Gasteiger partial charge on any atom is 0.282 e. The van der Waals surface area contributed by atoms with Gasteiger partial charge in [-0.05, 0) is 23.6 Å². The van der Waals surface area contributed by atoms with Crippen LogP contribution in [0.2, 0.25) is 0 Å². The van der Waals surface area contributed by atoms with E-state index in [4.69, 9.17) is 4.52 Å². The zero-order valence-corrected chi connectivity index (χ0v) is 14.6. The van der Waals surface area contributed by atoms with Crippen LogP contribution in [0.5, 0.6) is 0 Å². The van der Waals surface area contributed by atoms with Gasteiger partial charge in [0.1, 0.15) is 0 Å². The summed E-state index contributed by atoms with van der Waals surface area (Å²) in [5.74, 6) is 1.26. The minimum atomic E-state index is -0.0324. The van der Waals surface area contributed by atoms with Gasteiger partial charge in [0.25, 0.3) is 5.91 Å². The maximum atomic E-state index is 12.6. The number of amides is 1. The summed E-state index contributed by atoms with van der Waals surface area (Å²) in [7, 11) is 0. The van der Waals surface area contributed by atoms with Crippen molar-refractivity contribution in [2.45, 2.75) is 5.92 Å². The van der Waals surface area contributed by atoms with Gasteiger partial charge in [-0.3, -0.25) is 4.79 Å². The molecule has 0 aliphatic carbocycles. The lowest BCUT2D eigenvalue weighted by molar-refractivity contribution is 0.0569. The van der Waals surface area contributed by atoms with Crippen LogP contribution in [0.15, 0.2) is 45.6 Å². The first-order valence-electron chi connectivity index (χ1n) is 7.79. The van der Waals surface area contributed by atoms with Crippen LogP contribution in [0.25, 0.3) is 21.6 Å². The number of rotatable bonds is 3. The molecule has 0 N–H and O–H groups in total. The number of nitrogens with zero attached hydrogens (tertiary/aromatic N) is 4. The van der Waals surface area contributed by atoms with Crippen molar-refractivity contribution in [1.29, 1.82) is 0 Å². The van der Waals surface area contributed by atoms with Gasteiger partial charge >= 0.3 is 0 Å². The molecule has 25 heavy (non-hydrogen) atoms. The fraction of sp³-hybridized carbons (Fsp3) is 0.176. The van der Waals surface area contributed by atoms with Gasteiger partial charge in [0.05, 0.1) is 16.1 Å². The van der Waals surface area contributed by atoms with Crippen molar-refractivity contribution >= 4 is 38.8 Å². The second kappa shape index (κ2) is 5.75. The Hall–Kier alpha value is -2.58. The summed E-state index contributed by atoms with van der Waals surface area (Å²) in [5, 5.41) is 8.52. The summed E-state index contributed by atoms with van der Waals surface area (Å²) >= 11 is 3.02. The Bertz CT molecular complexity index is 1010. The molecule has 1 aliphatic heterocycles. The predicted molar refractivity (Wildman–Crippen MR) is 95.9 cm³/mol. The van der Waals surface area contributed by atoms with Gasteiger partial charge in [0.15, 0.2) is 5.01 Å². The molecule has 0 unspecified atom stereocenters. The normalized spacial score (nSPS) is 14.8. The average Bonchev–Trinajstić information content (AvgIpc) is 3.32. The van der Waals surface area contributed by atoms with Crippen molar-refractivity contribution in [3.63, 3.8) is 0 Å². The predicted octanol–water partition coefficient (Wildman–Crippen LogP) is 3.65. The van der Waals surface area contributed by atoms with Crippen LogP contribution < -0.4 is 0 Å². The van der Waals surface area contributed by atoms with E-state index >= 15 is 0 Å². The Balaban J connectivity index is 1.29. The van der Waals surface area contributed by atoms with Gasteiger partial charge in [0.2, 0.25) is 11.7 Å². The molecule has 5 rings (SSSR count). The van der Waals surface area contributed by atoms with Crippen LogP contribution in [-0.4, -0.2) is 39.0 Å². The highest BCUT2D eigenvalue weighted by atomic mass is 32.1. The van der Waals surface area contributed by atoms with Crippen molar-refractivity contribution in [3.05, 3.63) is 52.0 Å². The minimum absolute atomic E-state index is 0.0324. The summed E-state index contributed by atoms with van der Waals surface area (Å²) in [5.41, 5.74) is 1.83. The molecule has 6 nitrogen and oxygen atoms in total. The van der Waals surface area contributed by atoms with E-state index in [2.05, 4.69) is 15.1 Å². The largest absolute Gasteiger partial charge is 0.339 e. The standard InChI is InChI=1S/C17H12N4O2S2/c22-17(16-18-12-3-1-2-4-13(12)25-16)21-7-11(8-21)15-19-14(20-23-15)10-5-6-24-9-10/h1-6,9,11H,7-8H2. The van der Waals surface area contributed by atoms with E-state index < -0.39 is 0 Å². The summed E-state index contributed by atoms with van der Waals surface area (Å²) in [4.78, 5) is 23.2. The van der Waals surface area contributed by atoms with Gasteiger partial charge in [0, 0.05) is 24.0 Å². The maximum absolute atomic E-state index is 12.6. The molecule has 1 amide bonds. The number of carbonyl (C=O) groups is 1. The summed E-state index contributed by atoms with van der Waals surface area (Å²) in [6.07, 6.45) is 0. The molecule has 1 fully saturated rings. The second-order valence-electron chi connectivity index (χ2n) is 5.86. The number of hydrogen-bond acceptors (Lipinski definition) is 7. The molecule has 0 radical (unpaired) electrons. The quantitative estimate of drug-likeness (QED) is 0.552. The number of carbonyl (C=O) groups excluding carboxylic acids is 1. The molecule has 0 spiro atoms. The number of benzene rings is 1. The van der Waals surface area contributed by atoms with Gasteiger partial charge in [-0.1, -0.05) is 17.3 Å². The molecule has 0 saturated carbocycles. The molecule has 1 aromatic carbocycles. The summed E-state index contributed by atoms with van der Waals surface area (Å²) in [6.45, 7) is 1.17. The number of hydrogen-bond donors (Lipinski definition) is 0. The molecule has 124 valence electrons. The zero-order chi connectivity index (χ0) is 16.8. The van der Waals surface area contributed by atoms with Crippen LogP contribution in [-0.2, 0) is 0 Å². The Morgan fingerprint density at radius 1 is 1.20 bits per heavy atom. The van der Waals surface area contributed by atoms with Gasteiger partial charge in [-0.2, -0.15) is 16.3 Å². The van der Waals surface area contributed by atoms with Crippen molar-refractivity contribution in [1.82, 2.24) is 20.0 Å². The molecule has 8 heteroatoms. The number of thiazole rings is 1. The van der Waals surface area contributed by atoms with E-state index in [1.54, 1.807) is 16.2 Å². The van der Waals surface area contributed by atoms with Crippen LogP contribution in [0.1, 0.15) is 21.6 Å². The third kappa shape index (κ3) is 2.54. The van der Waals surface area contributed by atoms with Gasteiger partial charge in [-0.15, -0.1) is 11.3 Å². The lowest BCUT2D eigenvalue weighted by Gasteiger charge is -2.36. The number of aromatic nitrogens is 3. The van der Waals surface area contributed by atoms with E-state index in [-0.39, 0.29) is 11.8 Å². The first-order chi connectivity index (χ1) is 12.3. The fourth-order valence-electron chi connectivity index (χ4n) is 2.81. The summed E-state index contributed by atoms with van der Waals surface area (Å²) in [6, 6.07) is 9.74. The Morgan fingerprint density at radius 3 is 2.88 bits per heavy atom. The van der Waals surface area contributed by atoms with Crippen LogP contribution >= 0.6 is 22.7 Å². The molecule has 4 aromatic rings. The highest BCUT2D eigenvalue weighted by molar-refractivity contribution is 7.20. The lowest BCUT2D eigenvalue weighted by Crippen LogP contribution is -2.48. The van der Waals surface area contributed by atoms with Crippen LogP contribution in [0.3, 0.4) is 0 Å².